The average Bonchev–Trinajstić information content (AvgIpc) is 2.42. The van der Waals surface area contributed by atoms with E-state index >= 15 is 0 Å². The molecule has 0 unspecified atom stereocenters. The Morgan fingerprint density at radius 3 is 2.37 bits per heavy atom. The first-order valence-corrected chi connectivity index (χ1v) is 6.11. The van der Waals surface area contributed by atoms with Gasteiger partial charge < -0.3 is 19.1 Å². The van der Waals surface area contributed by atoms with Gasteiger partial charge in [-0.2, -0.15) is 0 Å². The maximum absolute atomic E-state index is 10.9. The summed E-state index contributed by atoms with van der Waals surface area (Å²) in [6, 6.07) is 3.28. The number of rotatable bonds is 8. The topological polar surface area (TPSA) is 48.0 Å². The number of benzene rings is 1. The second-order valence-electron chi connectivity index (χ2n) is 4.38. The molecule has 19 heavy (non-hydrogen) atoms. The van der Waals surface area contributed by atoms with Crippen molar-refractivity contribution >= 4 is 6.29 Å². The summed E-state index contributed by atoms with van der Waals surface area (Å²) in [7, 11) is 7.10. The fourth-order valence-corrected chi connectivity index (χ4v) is 1.69. The fraction of sp³-hybridized carbons (Fsp3) is 0.500. The highest BCUT2D eigenvalue weighted by atomic mass is 16.5. The van der Waals surface area contributed by atoms with Crippen LogP contribution in [0.15, 0.2) is 12.1 Å². The highest BCUT2D eigenvalue weighted by Crippen LogP contribution is 2.38. The van der Waals surface area contributed by atoms with Gasteiger partial charge in [0, 0.05) is 12.1 Å². The summed E-state index contributed by atoms with van der Waals surface area (Å²) in [6.45, 7) is 1.49. The number of nitrogens with zero attached hydrogens (tertiary/aromatic N) is 1. The van der Waals surface area contributed by atoms with Crippen molar-refractivity contribution in [2.45, 2.75) is 6.42 Å². The molecule has 0 aliphatic rings. The number of ether oxygens (including phenoxy) is 3. The molecule has 0 aliphatic carbocycles. The number of hydrogen-bond acceptors (Lipinski definition) is 5. The van der Waals surface area contributed by atoms with E-state index in [1.54, 1.807) is 19.2 Å². The standard InChI is InChI=1S/C14H21NO4/c1-15(2)6-5-7-19-13-9-11(10-16)8-12(17-3)14(13)18-4/h8-10H,5-7H2,1-4H3. The minimum atomic E-state index is 0.495. The van der Waals surface area contributed by atoms with Gasteiger partial charge >= 0.3 is 0 Å². The van der Waals surface area contributed by atoms with Crippen molar-refractivity contribution in [3.05, 3.63) is 17.7 Å². The third-order valence-electron chi connectivity index (χ3n) is 2.61. The van der Waals surface area contributed by atoms with E-state index < -0.39 is 0 Å². The molecule has 0 heterocycles. The van der Waals surface area contributed by atoms with E-state index in [0.29, 0.717) is 29.4 Å². The summed E-state index contributed by atoms with van der Waals surface area (Å²) in [6.07, 6.45) is 1.65. The Labute approximate surface area is 114 Å². The van der Waals surface area contributed by atoms with Crippen molar-refractivity contribution in [2.24, 2.45) is 0 Å². The lowest BCUT2D eigenvalue weighted by Gasteiger charge is -2.15. The van der Waals surface area contributed by atoms with Crippen LogP contribution in [0.3, 0.4) is 0 Å². The molecule has 0 fully saturated rings. The SMILES string of the molecule is COc1cc(C=O)cc(OCCCN(C)C)c1OC. The Balaban J connectivity index is 2.82. The largest absolute Gasteiger partial charge is 0.493 e. The van der Waals surface area contributed by atoms with Crippen LogP contribution in [0.1, 0.15) is 16.8 Å². The maximum atomic E-state index is 10.9. The van der Waals surface area contributed by atoms with E-state index in [1.807, 2.05) is 14.1 Å². The van der Waals surface area contributed by atoms with Crippen LogP contribution in [-0.4, -0.2) is 52.7 Å². The van der Waals surface area contributed by atoms with Gasteiger partial charge in [0.2, 0.25) is 5.75 Å². The summed E-state index contributed by atoms with van der Waals surface area (Å²) in [4.78, 5) is 13.0. The quantitative estimate of drug-likeness (QED) is 0.531. The number of methoxy groups -OCH3 is 2. The van der Waals surface area contributed by atoms with Crippen molar-refractivity contribution in [3.8, 4) is 17.2 Å². The first kappa shape index (κ1) is 15.3. The van der Waals surface area contributed by atoms with Crippen LogP contribution < -0.4 is 14.2 Å². The van der Waals surface area contributed by atoms with Crippen molar-refractivity contribution < 1.29 is 19.0 Å². The van der Waals surface area contributed by atoms with Gasteiger partial charge in [0.05, 0.1) is 20.8 Å². The summed E-state index contributed by atoms with van der Waals surface area (Å²) in [5.41, 5.74) is 0.500. The molecule has 106 valence electrons. The van der Waals surface area contributed by atoms with Crippen molar-refractivity contribution in [2.75, 3.05) is 41.5 Å². The van der Waals surface area contributed by atoms with Crippen LogP contribution >= 0.6 is 0 Å². The maximum Gasteiger partial charge on any atom is 0.203 e. The molecule has 0 saturated carbocycles. The molecular weight excluding hydrogens is 246 g/mol. The first-order valence-electron chi connectivity index (χ1n) is 6.11. The van der Waals surface area contributed by atoms with Gasteiger partial charge in [-0.05, 0) is 32.6 Å². The summed E-state index contributed by atoms with van der Waals surface area (Å²) in [5.74, 6) is 1.54. The van der Waals surface area contributed by atoms with E-state index in [4.69, 9.17) is 14.2 Å². The predicted molar refractivity (Wildman–Crippen MR) is 73.6 cm³/mol. The van der Waals surface area contributed by atoms with Crippen LogP contribution in [0.4, 0.5) is 0 Å². The highest BCUT2D eigenvalue weighted by Gasteiger charge is 2.13. The van der Waals surface area contributed by atoms with Gasteiger partial charge in [0.25, 0.3) is 0 Å². The van der Waals surface area contributed by atoms with Gasteiger partial charge in [-0.3, -0.25) is 4.79 Å². The van der Waals surface area contributed by atoms with Gasteiger partial charge in [-0.25, -0.2) is 0 Å². The second kappa shape index (κ2) is 7.63. The fourth-order valence-electron chi connectivity index (χ4n) is 1.69. The Kier molecular flexibility index (Phi) is 6.15. The minimum absolute atomic E-state index is 0.495. The molecule has 1 rings (SSSR count). The zero-order valence-electron chi connectivity index (χ0n) is 11.9. The number of carbonyl (C=O) groups excluding carboxylic acids is 1. The molecule has 0 atom stereocenters. The summed E-state index contributed by atoms with van der Waals surface area (Å²) >= 11 is 0. The highest BCUT2D eigenvalue weighted by molar-refractivity contribution is 5.78. The lowest BCUT2D eigenvalue weighted by molar-refractivity contribution is 0.112. The normalized spacial score (nSPS) is 10.4. The molecule has 0 aromatic heterocycles. The van der Waals surface area contributed by atoms with Crippen molar-refractivity contribution in [1.82, 2.24) is 4.90 Å². The van der Waals surface area contributed by atoms with Gasteiger partial charge in [-0.15, -0.1) is 0 Å². The Bertz CT molecular complexity index is 418. The zero-order chi connectivity index (χ0) is 14.3. The van der Waals surface area contributed by atoms with Gasteiger partial charge in [-0.1, -0.05) is 0 Å². The Morgan fingerprint density at radius 1 is 1.16 bits per heavy atom. The van der Waals surface area contributed by atoms with Gasteiger partial charge in [0.1, 0.15) is 6.29 Å². The monoisotopic (exact) mass is 267 g/mol. The molecule has 0 aliphatic heterocycles. The number of aldehydes is 1. The summed E-state index contributed by atoms with van der Waals surface area (Å²) in [5, 5.41) is 0. The molecule has 0 N–H and O–H groups in total. The number of carbonyl (C=O) groups is 1. The molecular formula is C14H21NO4. The van der Waals surface area contributed by atoms with Gasteiger partial charge in [0.15, 0.2) is 11.5 Å². The summed E-state index contributed by atoms with van der Waals surface area (Å²) < 4.78 is 16.1. The van der Waals surface area contributed by atoms with Crippen LogP contribution in [-0.2, 0) is 0 Å². The van der Waals surface area contributed by atoms with Crippen LogP contribution in [0.2, 0.25) is 0 Å². The smallest absolute Gasteiger partial charge is 0.203 e. The molecule has 1 aromatic rings. The first-order chi connectivity index (χ1) is 9.12. The zero-order valence-corrected chi connectivity index (χ0v) is 11.9. The molecule has 1 aromatic carbocycles. The third kappa shape index (κ3) is 4.44. The van der Waals surface area contributed by atoms with Crippen LogP contribution in [0.5, 0.6) is 17.2 Å². The van der Waals surface area contributed by atoms with Crippen molar-refractivity contribution in [1.29, 1.82) is 0 Å². The molecule has 0 radical (unpaired) electrons. The van der Waals surface area contributed by atoms with E-state index in [1.165, 1.54) is 7.11 Å². The van der Waals surface area contributed by atoms with Crippen LogP contribution in [0, 0.1) is 0 Å². The molecule has 0 saturated heterocycles. The molecule has 0 amide bonds. The van der Waals surface area contributed by atoms with E-state index in [-0.39, 0.29) is 0 Å². The predicted octanol–water partition coefficient (Wildman–Crippen LogP) is 1.85. The molecule has 0 spiro atoms. The third-order valence-corrected chi connectivity index (χ3v) is 2.61. The average molecular weight is 267 g/mol. The Morgan fingerprint density at radius 2 is 1.84 bits per heavy atom. The molecule has 5 heteroatoms. The second-order valence-corrected chi connectivity index (χ2v) is 4.38. The lowest BCUT2D eigenvalue weighted by Crippen LogP contribution is -2.15. The molecule has 0 bridgehead atoms. The van der Waals surface area contributed by atoms with Crippen molar-refractivity contribution in [3.63, 3.8) is 0 Å². The lowest BCUT2D eigenvalue weighted by atomic mass is 10.2. The van der Waals surface area contributed by atoms with E-state index in [2.05, 4.69) is 4.90 Å². The van der Waals surface area contributed by atoms with E-state index in [0.717, 1.165) is 19.3 Å². The molecule has 5 nitrogen and oxygen atoms in total. The number of hydrogen-bond donors (Lipinski definition) is 0. The minimum Gasteiger partial charge on any atom is -0.493 e. The Hall–Kier alpha value is -1.75. The van der Waals surface area contributed by atoms with E-state index in [9.17, 15) is 4.79 Å². The van der Waals surface area contributed by atoms with Crippen LogP contribution in [0.25, 0.3) is 0 Å².